The number of hydrogen-bond donors (Lipinski definition) is 4. The zero-order valence-electron chi connectivity index (χ0n) is 9.79. The van der Waals surface area contributed by atoms with Crippen LogP contribution in [0.5, 0.6) is 0 Å². The first-order chi connectivity index (χ1) is 9.10. The number of nitrogen functional groups attached to an aromatic ring is 3. The molecule has 0 spiro atoms. The molecule has 0 aliphatic heterocycles. The molecule has 0 bridgehead atoms. The van der Waals surface area contributed by atoms with Crippen LogP contribution in [0.15, 0.2) is 28.0 Å². The number of carbonyl (C=O) groups is 1. The van der Waals surface area contributed by atoms with Crippen molar-refractivity contribution in [2.45, 2.75) is 10.9 Å². The summed E-state index contributed by atoms with van der Waals surface area (Å²) in [5.74, 6) is 6.06. The van der Waals surface area contributed by atoms with E-state index in [2.05, 4.69) is 9.97 Å². The van der Waals surface area contributed by atoms with Crippen LogP contribution < -0.4 is 22.7 Å². The highest BCUT2D eigenvalue weighted by Crippen LogP contribution is 2.23. The molecule has 7 N–H and O–H groups in total. The number of hydrogen-bond acceptors (Lipinski definition) is 8. The Balaban J connectivity index is 2.10. The number of furan rings is 1. The number of hydrazine groups is 1. The minimum Gasteiger partial charge on any atom is -0.468 e. The molecule has 2 heterocycles. The molecule has 0 saturated heterocycles. The van der Waals surface area contributed by atoms with Crippen LogP contribution in [0.25, 0.3) is 0 Å². The fourth-order valence-corrected chi connectivity index (χ4v) is 2.21. The lowest BCUT2D eigenvalue weighted by atomic mass is 10.2. The lowest BCUT2D eigenvalue weighted by molar-refractivity contribution is 0.0952. The SMILES string of the molecule is NNC(=O)c1ccoc1CSc1nc(N)cc(N)n1. The van der Waals surface area contributed by atoms with Gasteiger partial charge in [-0.2, -0.15) is 0 Å². The van der Waals surface area contributed by atoms with Crippen LogP contribution in [0.3, 0.4) is 0 Å². The maximum absolute atomic E-state index is 11.4. The summed E-state index contributed by atoms with van der Waals surface area (Å²) < 4.78 is 5.21. The normalized spacial score (nSPS) is 10.4. The molecule has 0 aromatic carbocycles. The predicted octanol–water partition coefficient (Wildman–Crippen LogP) is 0.130. The topological polar surface area (TPSA) is 146 Å². The van der Waals surface area contributed by atoms with Crippen molar-refractivity contribution in [3.8, 4) is 0 Å². The van der Waals surface area contributed by atoms with Crippen molar-refractivity contribution in [1.29, 1.82) is 0 Å². The summed E-state index contributed by atoms with van der Waals surface area (Å²) in [5.41, 5.74) is 13.5. The molecular weight excluding hydrogens is 268 g/mol. The van der Waals surface area contributed by atoms with Gasteiger partial charge in [-0.05, 0) is 6.07 Å². The monoisotopic (exact) mass is 280 g/mol. The van der Waals surface area contributed by atoms with Gasteiger partial charge in [-0.3, -0.25) is 10.2 Å². The van der Waals surface area contributed by atoms with Crippen LogP contribution >= 0.6 is 11.8 Å². The summed E-state index contributed by atoms with van der Waals surface area (Å²) in [6.45, 7) is 0. The predicted molar refractivity (Wildman–Crippen MR) is 70.8 cm³/mol. The fraction of sp³-hybridized carbons (Fsp3) is 0.100. The molecule has 0 aliphatic rings. The van der Waals surface area contributed by atoms with E-state index in [1.54, 1.807) is 0 Å². The van der Waals surface area contributed by atoms with E-state index in [9.17, 15) is 4.79 Å². The van der Waals surface area contributed by atoms with Crippen LogP contribution in [0.4, 0.5) is 11.6 Å². The number of nitrogens with one attached hydrogen (secondary N) is 1. The summed E-state index contributed by atoms with van der Waals surface area (Å²) in [7, 11) is 0. The zero-order valence-corrected chi connectivity index (χ0v) is 10.6. The van der Waals surface area contributed by atoms with Crippen LogP contribution in [0.1, 0.15) is 16.1 Å². The molecule has 2 aromatic rings. The third kappa shape index (κ3) is 3.14. The quantitative estimate of drug-likeness (QED) is 0.203. The zero-order chi connectivity index (χ0) is 13.8. The number of aromatic nitrogens is 2. The maximum Gasteiger partial charge on any atom is 0.268 e. The summed E-state index contributed by atoms with van der Waals surface area (Å²) in [6.07, 6.45) is 1.41. The van der Waals surface area contributed by atoms with Crippen molar-refractivity contribution in [3.63, 3.8) is 0 Å². The van der Waals surface area contributed by atoms with Crippen molar-refractivity contribution >= 4 is 29.3 Å². The van der Waals surface area contributed by atoms with Crippen molar-refractivity contribution in [2.75, 3.05) is 11.5 Å². The molecule has 0 fully saturated rings. The number of carbonyl (C=O) groups excluding carboxylic acids is 1. The van der Waals surface area contributed by atoms with Gasteiger partial charge in [-0.25, -0.2) is 15.8 Å². The van der Waals surface area contributed by atoms with Crippen molar-refractivity contribution in [1.82, 2.24) is 15.4 Å². The van der Waals surface area contributed by atoms with Gasteiger partial charge in [-0.1, -0.05) is 11.8 Å². The highest BCUT2D eigenvalue weighted by molar-refractivity contribution is 7.98. The fourth-order valence-electron chi connectivity index (χ4n) is 1.39. The number of rotatable bonds is 4. The molecule has 0 aliphatic carbocycles. The molecule has 19 heavy (non-hydrogen) atoms. The van der Waals surface area contributed by atoms with Crippen LogP contribution in [-0.2, 0) is 5.75 Å². The molecule has 0 unspecified atom stereocenters. The Hall–Kier alpha value is -2.26. The van der Waals surface area contributed by atoms with Gasteiger partial charge in [-0.15, -0.1) is 0 Å². The van der Waals surface area contributed by atoms with E-state index in [0.717, 1.165) is 0 Å². The second-order valence-corrected chi connectivity index (χ2v) is 4.46. The van der Waals surface area contributed by atoms with Gasteiger partial charge >= 0.3 is 0 Å². The third-order valence-electron chi connectivity index (χ3n) is 2.20. The molecule has 100 valence electrons. The molecule has 8 nitrogen and oxygen atoms in total. The second kappa shape index (κ2) is 5.59. The smallest absolute Gasteiger partial charge is 0.268 e. The summed E-state index contributed by atoms with van der Waals surface area (Å²) >= 11 is 1.25. The van der Waals surface area contributed by atoms with Crippen LogP contribution in [0, 0.1) is 0 Å². The average molecular weight is 280 g/mol. The van der Waals surface area contributed by atoms with Gasteiger partial charge < -0.3 is 15.9 Å². The minimum atomic E-state index is -0.419. The van der Waals surface area contributed by atoms with Crippen molar-refractivity contribution in [3.05, 3.63) is 29.7 Å². The number of thioether (sulfide) groups is 1. The van der Waals surface area contributed by atoms with E-state index in [4.69, 9.17) is 21.7 Å². The van der Waals surface area contributed by atoms with E-state index >= 15 is 0 Å². The second-order valence-electron chi connectivity index (χ2n) is 3.52. The Morgan fingerprint density at radius 3 is 2.68 bits per heavy atom. The Bertz CT molecular complexity index is 579. The first-order valence-corrected chi connectivity index (χ1v) is 6.19. The molecule has 0 radical (unpaired) electrons. The van der Waals surface area contributed by atoms with E-state index in [1.807, 2.05) is 5.43 Å². The Morgan fingerprint density at radius 1 is 1.37 bits per heavy atom. The van der Waals surface area contributed by atoms with Gasteiger partial charge in [0, 0.05) is 6.07 Å². The van der Waals surface area contributed by atoms with Crippen molar-refractivity contribution < 1.29 is 9.21 Å². The maximum atomic E-state index is 11.4. The Kier molecular flexibility index (Phi) is 3.88. The third-order valence-corrected chi connectivity index (χ3v) is 3.05. The van der Waals surface area contributed by atoms with E-state index in [-0.39, 0.29) is 11.6 Å². The van der Waals surface area contributed by atoms with Gasteiger partial charge in [0.1, 0.15) is 17.4 Å². The van der Waals surface area contributed by atoms with E-state index < -0.39 is 5.91 Å². The standard InChI is InChI=1S/C10H12N6O2S/c11-7-3-8(12)15-10(14-7)19-4-6-5(1-2-18-6)9(17)16-13/h1-3H,4,13H2,(H,16,17)(H4,11,12,14,15). The summed E-state index contributed by atoms with van der Waals surface area (Å²) in [6, 6.07) is 3.00. The summed E-state index contributed by atoms with van der Waals surface area (Å²) in [4.78, 5) is 19.5. The molecule has 2 rings (SSSR count). The minimum absolute atomic E-state index is 0.286. The Morgan fingerprint density at radius 2 is 2.05 bits per heavy atom. The van der Waals surface area contributed by atoms with Crippen LogP contribution in [0.2, 0.25) is 0 Å². The number of nitrogens with zero attached hydrogens (tertiary/aromatic N) is 2. The molecule has 2 aromatic heterocycles. The lowest BCUT2D eigenvalue weighted by Gasteiger charge is -2.03. The lowest BCUT2D eigenvalue weighted by Crippen LogP contribution is -2.30. The first kappa shape index (κ1) is 13.2. The molecular formula is C10H12N6O2S. The largest absolute Gasteiger partial charge is 0.468 e. The van der Waals surface area contributed by atoms with E-state index in [1.165, 1.54) is 30.2 Å². The molecule has 0 atom stereocenters. The molecule has 1 amide bonds. The number of nitrogens with two attached hydrogens (primary N) is 3. The average Bonchev–Trinajstić information content (AvgIpc) is 2.82. The first-order valence-electron chi connectivity index (χ1n) is 5.20. The summed E-state index contributed by atoms with van der Waals surface area (Å²) in [5, 5.41) is 0.410. The van der Waals surface area contributed by atoms with Crippen molar-refractivity contribution in [2.24, 2.45) is 5.84 Å². The van der Waals surface area contributed by atoms with E-state index in [0.29, 0.717) is 22.2 Å². The van der Waals surface area contributed by atoms with Gasteiger partial charge in [0.25, 0.3) is 5.91 Å². The number of anilines is 2. The highest BCUT2D eigenvalue weighted by atomic mass is 32.2. The van der Waals surface area contributed by atoms with Gasteiger partial charge in [0.2, 0.25) is 0 Å². The highest BCUT2D eigenvalue weighted by Gasteiger charge is 2.14. The van der Waals surface area contributed by atoms with Gasteiger partial charge in [0.15, 0.2) is 5.16 Å². The van der Waals surface area contributed by atoms with Gasteiger partial charge in [0.05, 0.1) is 17.6 Å². The Labute approximate surface area is 112 Å². The van der Waals surface area contributed by atoms with Crippen LogP contribution in [-0.4, -0.2) is 15.9 Å². The molecule has 9 heteroatoms. The number of amides is 1. The molecule has 0 saturated carbocycles.